The molecule has 0 aliphatic heterocycles. The third-order valence-corrected chi connectivity index (χ3v) is 3.14. The van der Waals surface area contributed by atoms with Gasteiger partial charge in [-0.1, -0.05) is 45.4 Å². The molecule has 0 radical (unpaired) electrons. The highest BCUT2D eigenvalue weighted by Crippen LogP contribution is 2.27. The Kier molecular flexibility index (Phi) is 5.30. The fourth-order valence-electron chi connectivity index (χ4n) is 1.79. The summed E-state index contributed by atoms with van der Waals surface area (Å²) in [6.07, 6.45) is 7.28. The number of nitrogens with two attached hydrogens (primary N) is 1. The van der Waals surface area contributed by atoms with Crippen molar-refractivity contribution in [3.8, 4) is 0 Å². The first kappa shape index (κ1) is 14.4. The van der Waals surface area contributed by atoms with E-state index in [0.717, 1.165) is 19.3 Å². The Morgan fingerprint density at radius 1 is 1.27 bits per heavy atom. The summed E-state index contributed by atoms with van der Waals surface area (Å²) in [5.74, 6) is 0. The summed E-state index contributed by atoms with van der Waals surface area (Å²) in [7, 11) is 0. The van der Waals surface area contributed by atoms with Crippen LogP contribution in [0.15, 0.2) is 24.3 Å². The molecule has 1 nitrogen and oxygen atoms in total. The van der Waals surface area contributed by atoms with Crippen molar-refractivity contribution in [2.24, 2.45) is 11.1 Å². The third kappa shape index (κ3) is 5.17. The number of hydrogen-bond acceptors (Lipinski definition) is 1. The van der Waals surface area contributed by atoms with Crippen LogP contribution < -0.4 is 5.73 Å². The van der Waals surface area contributed by atoms with Gasteiger partial charge in [-0.2, -0.15) is 0 Å². The fourth-order valence-corrected chi connectivity index (χ4v) is 1.79. The average molecular weight is 209 g/mol. The topological polar surface area (TPSA) is 26.0 Å². The summed E-state index contributed by atoms with van der Waals surface area (Å²) in [5.41, 5.74) is 7.67. The lowest BCUT2D eigenvalue weighted by atomic mass is 9.83. The summed E-state index contributed by atoms with van der Waals surface area (Å²) in [6.45, 7) is 14.7. The van der Waals surface area contributed by atoms with Gasteiger partial charge in [0.1, 0.15) is 0 Å². The molecule has 0 fully saturated rings. The Bertz CT molecular complexity index is 232. The molecule has 0 unspecified atom stereocenters. The monoisotopic (exact) mass is 209 g/mol. The number of rotatable bonds is 6. The highest BCUT2D eigenvalue weighted by Gasteiger charge is 2.19. The van der Waals surface area contributed by atoms with Crippen LogP contribution in [0, 0.1) is 5.41 Å². The molecule has 0 spiro atoms. The molecule has 0 aromatic heterocycles. The quantitative estimate of drug-likeness (QED) is 0.656. The maximum atomic E-state index is 6.26. The van der Waals surface area contributed by atoms with Gasteiger partial charge in [-0.3, -0.25) is 0 Å². The van der Waals surface area contributed by atoms with Crippen molar-refractivity contribution in [3.05, 3.63) is 24.3 Å². The molecule has 0 amide bonds. The van der Waals surface area contributed by atoms with E-state index in [-0.39, 0.29) is 11.0 Å². The van der Waals surface area contributed by atoms with Gasteiger partial charge < -0.3 is 5.73 Å². The number of allylic oxidation sites excluding steroid dienone is 2. The molecule has 2 N–H and O–H groups in total. The molecule has 0 saturated carbocycles. The van der Waals surface area contributed by atoms with E-state index >= 15 is 0 Å². The van der Waals surface area contributed by atoms with E-state index in [9.17, 15) is 0 Å². The summed E-state index contributed by atoms with van der Waals surface area (Å²) in [6, 6.07) is 0. The molecule has 88 valence electrons. The summed E-state index contributed by atoms with van der Waals surface area (Å²) in [5, 5.41) is 0. The Labute approximate surface area is 95.4 Å². The highest BCUT2D eigenvalue weighted by atomic mass is 14.7. The molecule has 0 aromatic rings. The van der Waals surface area contributed by atoms with Crippen molar-refractivity contribution in [2.75, 3.05) is 0 Å². The minimum Gasteiger partial charge on any atom is -0.322 e. The average Bonchev–Trinajstić information content (AvgIpc) is 2.16. The van der Waals surface area contributed by atoms with Gasteiger partial charge in [-0.05, 0) is 31.6 Å². The molecule has 0 rings (SSSR count). The van der Waals surface area contributed by atoms with Gasteiger partial charge in [0.05, 0.1) is 0 Å². The van der Waals surface area contributed by atoms with E-state index in [2.05, 4.69) is 47.3 Å². The van der Waals surface area contributed by atoms with Crippen LogP contribution in [0.1, 0.15) is 53.9 Å². The zero-order chi connectivity index (χ0) is 12.1. The van der Waals surface area contributed by atoms with E-state index < -0.39 is 0 Å². The second kappa shape index (κ2) is 5.50. The molecule has 0 aliphatic carbocycles. The van der Waals surface area contributed by atoms with E-state index in [1.165, 1.54) is 5.57 Å². The van der Waals surface area contributed by atoms with Crippen molar-refractivity contribution >= 4 is 0 Å². The first-order valence-electron chi connectivity index (χ1n) is 5.89. The molecule has 0 heterocycles. The maximum Gasteiger partial charge on any atom is 0.0336 e. The van der Waals surface area contributed by atoms with Crippen LogP contribution in [0.5, 0.6) is 0 Å². The Morgan fingerprint density at radius 2 is 1.73 bits per heavy atom. The Balaban J connectivity index is 4.63. The van der Waals surface area contributed by atoms with Gasteiger partial charge in [-0.15, -0.1) is 6.58 Å². The Morgan fingerprint density at radius 3 is 2.07 bits per heavy atom. The van der Waals surface area contributed by atoms with Gasteiger partial charge in [0.15, 0.2) is 0 Å². The first-order chi connectivity index (χ1) is 6.78. The van der Waals surface area contributed by atoms with Crippen LogP contribution in [0.25, 0.3) is 0 Å². The van der Waals surface area contributed by atoms with E-state index in [0.29, 0.717) is 0 Å². The smallest absolute Gasteiger partial charge is 0.0336 e. The zero-order valence-electron chi connectivity index (χ0n) is 11.1. The Hall–Kier alpha value is -0.560. The normalized spacial score (nSPS) is 14.1. The van der Waals surface area contributed by atoms with Crippen molar-refractivity contribution in [1.82, 2.24) is 0 Å². The van der Waals surface area contributed by atoms with Crippen LogP contribution >= 0.6 is 0 Å². The highest BCUT2D eigenvalue weighted by molar-refractivity contribution is 5.13. The summed E-state index contributed by atoms with van der Waals surface area (Å²) in [4.78, 5) is 0. The lowest BCUT2D eigenvalue weighted by Gasteiger charge is -2.26. The molecular weight excluding hydrogens is 182 g/mol. The predicted octanol–water partition coefficient (Wildman–Crippen LogP) is 4.05. The van der Waals surface area contributed by atoms with Crippen LogP contribution in [-0.2, 0) is 0 Å². The SMILES string of the molecule is C=CC(C)(C)CC(C)=CC(N)(CC)CC. The van der Waals surface area contributed by atoms with E-state index in [4.69, 9.17) is 5.73 Å². The number of hydrogen-bond donors (Lipinski definition) is 1. The second-order valence-electron chi connectivity index (χ2n) is 5.30. The minimum absolute atomic E-state index is 0.124. The van der Waals surface area contributed by atoms with Crippen molar-refractivity contribution in [3.63, 3.8) is 0 Å². The van der Waals surface area contributed by atoms with Crippen molar-refractivity contribution < 1.29 is 0 Å². The second-order valence-corrected chi connectivity index (χ2v) is 5.30. The lowest BCUT2D eigenvalue weighted by Crippen LogP contribution is -2.36. The minimum atomic E-state index is -0.124. The third-order valence-electron chi connectivity index (χ3n) is 3.14. The van der Waals surface area contributed by atoms with E-state index in [1.807, 2.05) is 6.08 Å². The van der Waals surface area contributed by atoms with Crippen LogP contribution in [0.4, 0.5) is 0 Å². The van der Waals surface area contributed by atoms with Crippen LogP contribution in [0.2, 0.25) is 0 Å². The van der Waals surface area contributed by atoms with Gasteiger partial charge in [0, 0.05) is 5.54 Å². The van der Waals surface area contributed by atoms with Crippen molar-refractivity contribution in [1.29, 1.82) is 0 Å². The molecular formula is C14H27N. The molecule has 0 aromatic carbocycles. The molecule has 0 bridgehead atoms. The zero-order valence-corrected chi connectivity index (χ0v) is 11.1. The van der Waals surface area contributed by atoms with Crippen LogP contribution in [-0.4, -0.2) is 5.54 Å². The fraction of sp³-hybridized carbons (Fsp3) is 0.714. The molecule has 1 heteroatoms. The van der Waals surface area contributed by atoms with Gasteiger partial charge >= 0.3 is 0 Å². The maximum absolute atomic E-state index is 6.26. The molecule has 0 saturated heterocycles. The summed E-state index contributed by atoms with van der Waals surface area (Å²) < 4.78 is 0. The first-order valence-corrected chi connectivity index (χ1v) is 5.89. The molecule has 0 aliphatic rings. The molecule has 0 atom stereocenters. The van der Waals surface area contributed by atoms with Gasteiger partial charge in [-0.25, -0.2) is 0 Å². The predicted molar refractivity (Wildman–Crippen MR) is 69.9 cm³/mol. The van der Waals surface area contributed by atoms with Crippen LogP contribution in [0.3, 0.4) is 0 Å². The van der Waals surface area contributed by atoms with Gasteiger partial charge in [0.25, 0.3) is 0 Å². The summed E-state index contributed by atoms with van der Waals surface area (Å²) >= 11 is 0. The van der Waals surface area contributed by atoms with Gasteiger partial charge in [0.2, 0.25) is 0 Å². The standard InChI is InChI=1S/C14H27N/c1-7-13(5,6)10-12(4)11-14(15,8-2)9-3/h7,11H,1,8-10,15H2,2-6H3. The lowest BCUT2D eigenvalue weighted by molar-refractivity contribution is 0.457. The van der Waals surface area contributed by atoms with Crippen molar-refractivity contribution in [2.45, 2.75) is 59.4 Å². The molecule has 15 heavy (non-hydrogen) atoms. The largest absolute Gasteiger partial charge is 0.322 e. The van der Waals surface area contributed by atoms with E-state index in [1.54, 1.807) is 0 Å².